The van der Waals surface area contributed by atoms with Crippen LogP contribution in [0.25, 0.3) is 0 Å². The third-order valence-corrected chi connectivity index (χ3v) is 4.95. The smallest absolute Gasteiger partial charge is 0.325 e. The summed E-state index contributed by atoms with van der Waals surface area (Å²) in [6.07, 6.45) is 0.349. The number of imide groups is 1. The molecule has 2 aromatic carbocycles. The van der Waals surface area contributed by atoms with Crippen LogP contribution in [-0.2, 0) is 16.9 Å². The second-order valence-electron chi connectivity index (χ2n) is 6.06. The quantitative estimate of drug-likeness (QED) is 0.837. The van der Waals surface area contributed by atoms with Crippen molar-refractivity contribution in [2.75, 3.05) is 6.61 Å². The monoisotopic (exact) mass is 360 g/mol. The molecule has 1 N–H and O–H groups in total. The first-order valence-corrected chi connectivity index (χ1v) is 8.19. The molecule has 3 amide bonds. The van der Waals surface area contributed by atoms with E-state index in [2.05, 4.69) is 5.32 Å². The van der Waals surface area contributed by atoms with Crippen LogP contribution >= 0.6 is 11.6 Å². The van der Waals surface area contributed by atoms with Crippen molar-refractivity contribution in [2.45, 2.75) is 18.5 Å². The largest absolute Gasteiger partial charge is 0.493 e. The fraction of sp³-hybridized carbons (Fsp3) is 0.222. The average Bonchev–Trinajstić information content (AvgIpc) is 2.82. The van der Waals surface area contributed by atoms with Gasteiger partial charge in [-0.05, 0) is 23.8 Å². The van der Waals surface area contributed by atoms with Gasteiger partial charge in [-0.1, -0.05) is 35.9 Å². The number of ether oxygens (including phenoxy) is 1. The maximum absolute atomic E-state index is 13.2. The minimum Gasteiger partial charge on any atom is -0.493 e. The highest BCUT2D eigenvalue weighted by atomic mass is 35.5. The summed E-state index contributed by atoms with van der Waals surface area (Å²) < 4.78 is 18.8. The van der Waals surface area contributed by atoms with Gasteiger partial charge in [0.05, 0.1) is 13.2 Å². The number of fused-ring (bicyclic) bond motifs is 2. The van der Waals surface area contributed by atoms with Gasteiger partial charge < -0.3 is 10.1 Å². The van der Waals surface area contributed by atoms with E-state index in [9.17, 15) is 14.0 Å². The SMILES string of the molecule is O=C1N[C@@]2(CCOc3ccccc32)C(=O)N1Cc1ccc(F)cc1Cl. The van der Waals surface area contributed by atoms with Crippen LogP contribution < -0.4 is 10.1 Å². The molecule has 0 saturated carbocycles. The maximum Gasteiger partial charge on any atom is 0.325 e. The van der Waals surface area contributed by atoms with E-state index in [4.69, 9.17) is 16.3 Å². The van der Waals surface area contributed by atoms with Crippen LogP contribution in [0.4, 0.5) is 9.18 Å². The number of hydrogen-bond donors (Lipinski definition) is 1. The van der Waals surface area contributed by atoms with Crippen molar-refractivity contribution < 1.29 is 18.7 Å². The third kappa shape index (κ3) is 2.44. The van der Waals surface area contributed by atoms with Gasteiger partial charge in [0.25, 0.3) is 5.91 Å². The maximum atomic E-state index is 13.2. The van der Waals surface area contributed by atoms with E-state index < -0.39 is 17.4 Å². The number of hydrogen-bond acceptors (Lipinski definition) is 3. The second kappa shape index (κ2) is 5.74. The Morgan fingerprint density at radius 3 is 2.84 bits per heavy atom. The molecule has 4 rings (SSSR count). The van der Waals surface area contributed by atoms with Crippen molar-refractivity contribution in [3.63, 3.8) is 0 Å². The van der Waals surface area contributed by atoms with Gasteiger partial charge >= 0.3 is 6.03 Å². The highest BCUT2D eigenvalue weighted by Gasteiger charge is 2.54. The predicted octanol–water partition coefficient (Wildman–Crippen LogP) is 3.21. The summed E-state index contributed by atoms with van der Waals surface area (Å²) in [6, 6.07) is 10.6. The van der Waals surface area contributed by atoms with Gasteiger partial charge in [-0.3, -0.25) is 9.69 Å². The number of carbonyl (C=O) groups excluding carboxylic acids is 2. The van der Waals surface area contributed by atoms with E-state index in [1.54, 1.807) is 18.2 Å². The molecule has 128 valence electrons. The summed E-state index contributed by atoms with van der Waals surface area (Å²) >= 11 is 6.03. The van der Waals surface area contributed by atoms with Gasteiger partial charge in [-0.25, -0.2) is 9.18 Å². The molecule has 2 aliphatic rings. The Bertz CT molecular complexity index is 888. The number of carbonyl (C=O) groups is 2. The molecule has 7 heteroatoms. The molecule has 1 atom stereocenters. The van der Waals surface area contributed by atoms with Crippen LogP contribution in [0.15, 0.2) is 42.5 Å². The van der Waals surface area contributed by atoms with Crippen molar-refractivity contribution in [3.05, 3.63) is 64.4 Å². The van der Waals surface area contributed by atoms with Crippen LogP contribution in [-0.4, -0.2) is 23.4 Å². The zero-order chi connectivity index (χ0) is 17.6. The van der Waals surface area contributed by atoms with Gasteiger partial charge in [-0.2, -0.15) is 0 Å². The summed E-state index contributed by atoms with van der Waals surface area (Å²) in [4.78, 5) is 26.7. The Labute approximate surface area is 148 Å². The van der Waals surface area contributed by atoms with E-state index >= 15 is 0 Å². The summed E-state index contributed by atoms with van der Waals surface area (Å²) in [6.45, 7) is 0.308. The molecule has 5 nitrogen and oxygen atoms in total. The Morgan fingerprint density at radius 1 is 1.24 bits per heavy atom. The van der Waals surface area contributed by atoms with E-state index in [-0.39, 0.29) is 17.5 Å². The average molecular weight is 361 g/mol. The molecular weight excluding hydrogens is 347 g/mol. The first-order chi connectivity index (χ1) is 12.0. The lowest BCUT2D eigenvalue weighted by molar-refractivity contribution is -0.133. The molecule has 0 radical (unpaired) electrons. The lowest BCUT2D eigenvalue weighted by Crippen LogP contribution is -2.47. The van der Waals surface area contributed by atoms with Crippen molar-refractivity contribution in [3.8, 4) is 5.75 Å². The second-order valence-corrected chi connectivity index (χ2v) is 6.46. The summed E-state index contributed by atoms with van der Waals surface area (Å²) in [7, 11) is 0. The zero-order valence-corrected chi connectivity index (χ0v) is 13.8. The van der Waals surface area contributed by atoms with Crippen molar-refractivity contribution in [1.29, 1.82) is 0 Å². The fourth-order valence-electron chi connectivity index (χ4n) is 3.34. The van der Waals surface area contributed by atoms with Crippen LogP contribution in [0.5, 0.6) is 5.75 Å². The Balaban J connectivity index is 1.70. The fourth-order valence-corrected chi connectivity index (χ4v) is 3.56. The molecule has 0 bridgehead atoms. The number of amides is 3. The molecule has 1 fully saturated rings. The van der Waals surface area contributed by atoms with E-state index in [1.165, 1.54) is 12.1 Å². The molecule has 0 unspecified atom stereocenters. The number of halogens is 2. The molecular formula is C18H14ClFN2O3. The normalized spacial score (nSPS) is 21.9. The molecule has 2 aliphatic heterocycles. The van der Waals surface area contributed by atoms with Crippen molar-refractivity contribution in [2.24, 2.45) is 0 Å². The predicted molar refractivity (Wildman–Crippen MR) is 88.7 cm³/mol. The number of para-hydroxylation sites is 1. The highest BCUT2D eigenvalue weighted by Crippen LogP contribution is 2.41. The van der Waals surface area contributed by atoms with Crippen LogP contribution in [0.2, 0.25) is 5.02 Å². The first kappa shape index (κ1) is 15.9. The van der Waals surface area contributed by atoms with Crippen molar-refractivity contribution >= 4 is 23.5 Å². The topological polar surface area (TPSA) is 58.6 Å². The number of rotatable bonds is 2. The number of benzene rings is 2. The Kier molecular flexibility index (Phi) is 3.65. The minimum atomic E-state index is -1.13. The Morgan fingerprint density at radius 2 is 2.04 bits per heavy atom. The molecule has 2 aromatic rings. The highest BCUT2D eigenvalue weighted by molar-refractivity contribution is 6.31. The van der Waals surface area contributed by atoms with Gasteiger partial charge in [-0.15, -0.1) is 0 Å². The molecule has 25 heavy (non-hydrogen) atoms. The van der Waals surface area contributed by atoms with Gasteiger partial charge in [0, 0.05) is 17.0 Å². The van der Waals surface area contributed by atoms with Gasteiger partial charge in [0.15, 0.2) is 5.54 Å². The zero-order valence-electron chi connectivity index (χ0n) is 13.1. The van der Waals surface area contributed by atoms with Crippen molar-refractivity contribution in [1.82, 2.24) is 10.2 Å². The first-order valence-electron chi connectivity index (χ1n) is 7.81. The summed E-state index contributed by atoms with van der Waals surface area (Å²) in [5, 5.41) is 2.99. The number of urea groups is 1. The third-order valence-electron chi connectivity index (χ3n) is 4.60. The lowest BCUT2D eigenvalue weighted by atomic mass is 9.84. The van der Waals surface area contributed by atoms with Crippen LogP contribution in [0, 0.1) is 5.82 Å². The number of nitrogens with zero attached hydrogens (tertiary/aromatic N) is 1. The molecule has 1 spiro atoms. The standard InChI is InChI=1S/C18H14ClFN2O3/c19-14-9-12(20)6-5-11(14)10-22-16(23)18(21-17(22)24)7-8-25-15-4-2-1-3-13(15)18/h1-6,9H,7-8,10H2,(H,21,24)/t18-/m1/s1. The number of nitrogens with one attached hydrogen (secondary N) is 1. The molecule has 1 saturated heterocycles. The van der Waals surface area contributed by atoms with E-state index in [1.807, 2.05) is 6.07 Å². The van der Waals surface area contributed by atoms with Crippen LogP contribution in [0.1, 0.15) is 17.5 Å². The molecule has 0 aromatic heterocycles. The minimum absolute atomic E-state index is 0.0193. The molecule has 0 aliphatic carbocycles. The van der Waals surface area contributed by atoms with E-state index in [0.717, 1.165) is 11.0 Å². The van der Waals surface area contributed by atoms with Crippen LogP contribution in [0.3, 0.4) is 0 Å². The van der Waals surface area contributed by atoms with Gasteiger partial charge in [0.2, 0.25) is 0 Å². The van der Waals surface area contributed by atoms with E-state index in [0.29, 0.717) is 29.9 Å². The summed E-state index contributed by atoms with van der Waals surface area (Å²) in [5.41, 5.74) is 0.0228. The van der Waals surface area contributed by atoms with Gasteiger partial charge in [0.1, 0.15) is 11.6 Å². The molecule has 2 heterocycles. The Hall–Kier alpha value is -2.60. The lowest BCUT2D eigenvalue weighted by Gasteiger charge is -2.33. The summed E-state index contributed by atoms with van der Waals surface area (Å²) in [5.74, 6) is -0.238.